The highest BCUT2D eigenvalue weighted by Gasteiger charge is 2.19. The van der Waals surface area contributed by atoms with E-state index in [2.05, 4.69) is 10.1 Å². The van der Waals surface area contributed by atoms with Crippen LogP contribution in [0.25, 0.3) is 33.2 Å². The van der Waals surface area contributed by atoms with Crippen LogP contribution in [0.15, 0.2) is 70.8 Å². The molecular weight excluding hydrogens is 380 g/mol. The van der Waals surface area contributed by atoms with Gasteiger partial charge in [0, 0.05) is 7.11 Å². The first-order valence-electron chi connectivity index (χ1n) is 9.51. The molecule has 3 aromatic heterocycles. The van der Waals surface area contributed by atoms with Crippen molar-refractivity contribution in [1.29, 1.82) is 0 Å². The molecule has 0 bridgehead atoms. The predicted molar refractivity (Wildman–Crippen MR) is 116 cm³/mol. The van der Waals surface area contributed by atoms with E-state index < -0.39 is 0 Å². The van der Waals surface area contributed by atoms with Gasteiger partial charge in [0.2, 0.25) is 0 Å². The van der Waals surface area contributed by atoms with Crippen molar-refractivity contribution in [2.75, 3.05) is 13.7 Å². The lowest BCUT2D eigenvalue weighted by Gasteiger charge is -2.04. The normalized spacial score (nSPS) is 11.9. The summed E-state index contributed by atoms with van der Waals surface area (Å²) in [5, 5.41) is 4.98. The topological polar surface area (TPSA) is 87.2 Å². The Morgan fingerprint density at radius 1 is 1.00 bits per heavy atom. The van der Waals surface area contributed by atoms with Gasteiger partial charge in [0.1, 0.15) is 17.2 Å². The van der Waals surface area contributed by atoms with Crippen molar-refractivity contribution in [3.8, 4) is 0 Å². The second kappa shape index (κ2) is 7.49. The van der Waals surface area contributed by atoms with Crippen molar-refractivity contribution >= 4 is 39.4 Å². The van der Waals surface area contributed by atoms with Crippen molar-refractivity contribution in [3.05, 3.63) is 76.8 Å². The average Bonchev–Trinajstić information content (AvgIpc) is 3.09. The Morgan fingerprint density at radius 2 is 1.73 bits per heavy atom. The number of hydrogen-bond donors (Lipinski definition) is 0. The summed E-state index contributed by atoms with van der Waals surface area (Å²) in [5.41, 5.74) is 3.57. The lowest BCUT2D eigenvalue weighted by Crippen LogP contribution is -2.22. The van der Waals surface area contributed by atoms with Crippen molar-refractivity contribution < 1.29 is 4.74 Å². The van der Waals surface area contributed by atoms with Crippen LogP contribution in [0.4, 0.5) is 0 Å². The van der Waals surface area contributed by atoms with Crippen LogP contribution >= 0.6 is 0 Å². The Bertz CT molecular complexity index is 1450. The summed E-state index contributed by atoms with van der Waals surface area (Å²) in [6.45, 7) is 0.811. The summed E-state index contributed by atoms with van der Waals surface area (Å²) in [6, 6.07) is 17.3. The van der Waals surface area contributed by atoms with Crippen LogP contribution in [0.3, 0.4) is 0 Å². The van der Waals surface area contributed by atoms with Crippen LogP contribution in [0, 0.1) is 0 Å². The lowest BCUT2D eigenvalue weighted by atomic mass is 10.2. The third-order valence-electron chi connectivity index (χ3n) is 4.87. The average molecular weight is 398 g/mol. The van der Waals surface area contributed by atoms with Gasteiger partial charge in [-0.2, -0.15) is 9.78 Å². The minimum Gasteiger partial charge on any atom is -0.383 e. The molecule has 0 unspecified atom stereocenters. The minimum atomic E-state index is -0.194. The number of aromatic nitrogens is 5. The van der Waals surface area contributed by atoms with Crippen LogP contribution in [-0.4, -0.2) is 44.1 Å². The summed E-state index contributed by atoms with van der Waals surface area (Å²) in [4.78, 5) is 27.2. The van der Waals surface area contributed by atoms with Crippen molar-refractivity contribution in [1.82, 2.24) is 24.2 Å². The lowest BCUT2D eigenvalue weighted by molar-refractivity contribution is 0.186. The predicted octanol–water partition coefficient (Wildman–Crippen LogP) is 2.82. The molecule has 0 N–H and O–H groups in total. The third kappa shape index (κ3) is 3.03. The molecule has 148 valence electrons. The maximum Gasteiger partial charge on any atom is 0.265 e. The van der Waals surface area contributed by atoms with Gasteiger partial charge in [-0.3, -0.25) is 9.36 Å². The molecule has 0 radical (unpaired) electrons. The molecule has 3 heterocycles. The highest BCUT2D eigenvalue weighted by molar-refractivity contribution is 6.04. The van der Waals surface area contributed by atoms with E-state index in [0.29, 0.717) is 40.9 Å². The molecule has 8 heteroatoms. The zero-order chi connectivity index (χ0) is 20.5. The van der Waals surface area contributed by atoms with E-state index in [-0.39, 0.29) is 5.56 Å². The van der Waals surface area contributed by atoms with E-state index in [1.165, 1.54) is 10.9 Å². The van der Waals surface area contributed by atoms with E-state index in [9.17, 15) is 4.79 Å². The fourth-order valence-electron chi connectivity index (χ4n) is 3.38. The third-order valence-corrected chi connectivity index (χ3v) is 4.87. The van der Waals surface area contributed by atoms with Gasteiger partial charge in [-0.15, -0.1) is 0 Å². The Labute approximate surface area is 171 Å². The molecule has 0 saturated carbocycles. The first-order valence-corrected chi connectivity index (χ1v) is 9.51. The standard InChI is InChI=1S/C22H18N6O2/c1-30-12-11-27-14-23-20-18(22(27)29)19-21(26-17-10-6-5-9-16(17)25-19)28(20)24-13-15-7-3-2-4-8-15/h2-10,13-14H,11-12H2,1H3. The number of para-hydroxylation sites is 2. The van der Waals surface area contributed by atoms with Gasteiger partial charge >= 0.3 is 0 Å². The largest absolute Gasteiger partial charge is 0.383 e. The molecule has 5 rings (SSSR count). The molecule has 30 heavy (non-hydrogen) atoms. The molecule has 0 aliphatic rings. The molecular formula is C22H18N6O2. The summed E-state index contributed by atoms with van der Waals surface area (Å²) < 4.78 is 8.21. The fraction of sp³-hybridized carbons (Fsp3) is 0.136. The van der Waals surface area contributed by atoms with Crippen molar-refractivity contribution in [2.24, 2.45) is 5.10 Å². The number of ether oxygens (including phenoxy) is 1. The molecule has 8 nitrogen and oxygen atoms in total. The Balaban J connectivity index is 1.82. The molecule has 0 fully saturated rings. The second-order valence-electron chi connectivity index (χ2n) is 6.79. The molecule has 0 atom stereocenters. The molecule has 2 aromatic carbocycles. The summed E-state index contributed by atoms with van der Waals surface area (Å²) >= 11 is 0. The molecule has 0 amide bonds. The van der Waals surface area contributed by atoms with Gasteiger partial charge in [-0.25, -0.2) is 15.0 Å². The smallest absolute Gasteiger partial charge is 0.265 e. The van der Waals surface area contributed by atoms with Gasteiger partial charge in [-0.1, -0.05) is 42.5 Å². The summed E-state index contributed by atoms with van der Waals surface area (Å²) in [7, 11) is 1.60. The minimum absolute atomic E-state index is 0.194. The van der Waals surface area contributed by atoms with Crippen molar-refractivity contribution in [2.45, 2.75) is 6.54 Å². The molecule has 0 aliphatic heterocycles. The van der Waals surface area contributed by atoms with Gasteiger partial charge in [0.05, 0.1) is 30.4 Å². The number of rotatable bonds is 5. The van der Waals surface area contributed by atoms with Gasteiger partial charge in [0.15, 0.2) is 11.3 Å². The fourth-order valence-corrected chi connectivity index (χ4v) is 3.38. The SMILES string of the molecule is COCCn1cnc2c(c1=O)c1nc3ccccc3nc1n2N=Cc1ccccc1. The van der Waals surface area contributed by atoms with Crippen LogP contribution in [0.1, 0.15) is 5.56 Å². The van der Waals surface area contributed by atoms with E-state index in [0.717, 1.165) is 11.1 Å². The Hall–Kier alpha value is -3.91. The van der Waals surface area contributed by atoms with Crippen LogP contribution in [0.5, 0.6) is 0 Å². The molecule has 0 saturated heterocycles. The number of benzene rings is 2. The molecule has 5 aromatic rings. The van der Waals surface area contributed by atoms with Crippen LogP contribution < -0.4 is 5.56 Å². The highest BCUT2D eigenvalue weighted by Crippen LogP contribution is 2.24. The maximum absolute atomic E-state index is 13.2. The van der Waals surface area contributed by atoms with E-state index in [1.54, 1.807) is 18.0 Å². The van der Waals surface area contributed by atoms with Crippen LogP contribution in [-0.2, 0) is 11.3 Å². The van der Waals surface area contributed by atoms with Gasteiger partial charge in [0.25, 0.3) is 5.56 Å². The molecule has 0 spiro atoms. The quantitative estimate of drug-likeness (QED) is 0.425. The Kier molecular flexibility index (Phi) is 4.53. The summed E-state index contributed by atoms with van der Waals surface area (Å²) in [5.74, 6) is 0. The number of hydrogen-bond acceptors (Lipinski definition) is 6. The zero-order valence-corrected chi connectivity index (χ0v) is 16.3. The first-order chi connectivity index (χ1) is 14.8. The second-order valence-corrected chi connectivity index (χ2v) is 6.79. The van der Waals surface area contributed by atoms with Gasteiger partial charge in [-0.05, 0) is 17.7 Å². The highest BCUT2D eigenvalue weighted by atomic mass is 16.5. The van der Waals surface area contributed by atoms with E-state index >= 15 is 0 Å². The first kappa shape index (κ1) is 18.1. The maximum atomic E-state index is 13.2. The van der Waals surface area contributed by atoms with E-state index in [1.807, 2.05) is 54.6 Å². The monoisotopic (exact) mass is 398 g/mol. The number of methoxy groups -OCH3 is 1. The Morgan fingerprint density at radius 3 is 2.50 bits per heavy atom. The van der Waals surface area contributed by atoms with Gasteiger partial charge < -0.3 is 4.74 Å². The number of nitrogens with zero attached hydrogens (tertiary/aromatic N) is 6. The number of fused-ring (bicyclic) bond motifs is 4. The van der Waals surface area contributed by atoms with E-state index in [4.69, 9.17) is 14.7 Å². The molecule has 0 aliphatic carbocycles. The summed E-state index contributed by atoms with van der Waals surface area (Å²) in [6.07, 6.45) is 3.23. The van der Waals surface area contributed by atoms with Crippen molar-refractivity contribution in [3.63, 3.8) is 0 Å². The zero-order valence-electron chi connectivity index (χ0n) is 16.3. The van der Waals surface area contributed by atoms with Crippen LogP contribution in [0.2, 0.25) is 0 Å².